The van der Waals surface area contributed by atoms with Crippen molar-refractivity contribution in [2.75, 3.05) is 6.54 Å². The van der Waals surface area contributed by atoms with Crippen LogP contribution in [-0.2, 0) is 20.9 Å². The first-order valence-electron chi connectivity index (χ1n) is 8.50. The summed E-state index contributed by atoms with van der Waals surface area (Å²) in [6, 6.07) is 8.97. The zero-order chi connectivity index (χ0) is 17.7. The van der Waals surface area contributed by atoms with Crippen molar-refractivity contribution in [2.45, 2.75) is 58.8 Å². The van der Waals surface area contributed by atoms with Gasteiger partial charge in [-0.2, -0.15) is 0 Å². The van der Waals surface area contributed by atoms with Crippen molar-refractivity contribution in [1.29, 1.82) is 0 Å². The third-order valence-electron chi connectivity index (χ3n) is 4.09. The fourth-order valence-electron chi connectivity index (χ4n) is 2.79. The third kappa shape index (κ3) is 4.98. The van der Waals surface area contributed by atoms with Crippen molar-refractivity contribution in [1.82, 2.24) is 4.90 Å². The second-order valence-electron chi connectivity index (χ2n) is 7.25. The lowest BCUT2D eigenvalue weighted by atomic mass is 10.0. The molecule has 1 unspecified atom stereocenters. The number of carbonyl (C=O) groups is 2. The SMILES string of the molecule is CCC1C[C@@H](C(=O)OCc2ccccc2)N(C(=O)OC(C)(C)C)C1. The number of nitrogens with zero attached hydrogens (tertiary/aromatic N) is 1. The minimum atomic E-state index is -0.583. The van der Waals surface area contributed by atoms with E-state index in [4.69, 9.17) is 9.47 Å². The molecule has 1 saturated heterocycles. The van der Waals surface area contributed by atoms with Crippen molar-refractivity contribution in [3.63, 3.8) is 0 Å². The Kier molecular flexibility index (Phi) is 5.86. The quantitative estimate of drug-likeness (QED) is 0.787. The zero-order valence-corrected chi connectivity index (χ0v) is 15.0. The van der Waals surface area contributed by atoms with Gasteiger partial charge in [0.2, 0.25) is 0 Å². The Labute approximate surface area is 143 Å². The minimum absolute atomic E-state index is 0.217. The molecule has 5 heteroatoms. The monoisotopic (exact) mass is 333 g/mol. The van der Waals surface area contributed by atoms with Crippen LogP contribution in [0.25, 0.3) is 0 Å². The molecule has 2 atom stereocenters. The summed E-state index contributed by atoms with van der Waals surface area (Å²) in [6.45, 7) is 8.28. The lowest BCUT2D eigenvalue weighted by Crippen LogP contribution is -2.44. The molecule has 0 bridgehead atoms. The van der Waals surface area contributed by atoms with Crippen molar-refractivity contribution in [3.05, 3.63) is 35.9 Å². The molecule has 0 spiro atoms. The summed E-state index contributed by atoms with van der Waals surface area (Å²) in [7, 11) is 0. The average Bonchev–Trinajstić information content (AvgIpc) is 2.96. The van der Waals surface area contributed by atoms with Gasteiger partial charge in [0.15, 0.2) is 0 Å². The Bertz CT molecular complexity index is 564. The third-order valence-corrected chi connectivity index (χ3v) is 4.09. The van der Waals surface area contributed by atoms with Crippen molar-refractivity contribution in [2.24, 2.45) is 5.92 Å². The van der Waals surface area contributed by atoms with Crippen LogP contribution in [0.3, 0.4) is 0 Å². The molecule has 1 aromatic rings. The van der Waals surface area contributed by atoms with Crippen LogP contribution in [0.4, 0.5) is 4.79 Å². The molecule has 0 saturated carbocycles. The molecule has 1 aliphatic rings. The Balaban J connectivity index is 2.01. The van der Waals surface area contributed by atoms with E-state index in [1.165, 1.54) is 4.90 Å². The molecule has 1 amide bonds. The second kappa shape index (κ2) is 7.69. The highest BCUT2D eigenvalue weighted by molar-refractivity contribution is 5.82. The van der Waals surface area contributed by atoms with E-state index < -0.39 is 17.7 Å². The summed E-state index contributed by atoms with van der Waals surface area (Å²) >= 11 is 0. The topological polar surface area (TPSA) is 55.8 Å². The van der Waals surface area contributed by atoms with Crippen LogP contribution in [0.5, 0.6) is 0 Å². The van der Waals surface area contributed by atoms with Gasteiger partial charge in [0, 0.05) is 6.54 Å². The molecule has 5 nitrogen and oxygen atoms in total. The number of hydrogen-bond donors (Lipinski definition) is 0. The first kappa shape index (κ1) is 18.3. The molecule has 0 aromatic heterocycles. The van der Waals surface area contributed by atoms with Gasteiger partial charge < -0.3 is 9.47 Å². The highest BCUT2D eigenvalue weighted by Crippen LogP contribution is 2.28. The summed E-state index contributed by atoms with van der Waals surface area (Å²) in [5.74, 6) is -0.0625. The summed E-state index contributed by atoms with van der Waals surface area (Å²) in [5.41, 5.74) is 0.347. The standard InChI is InChI=1S/C19H27NO4/c1-5-14-11-16(20(12-14)18(22)24-19(2,3)4)17(21)23-13-15-9-7-6-8-10-15/h6-10,14,16H,5,11-13H2,1-4H3/t14?,16-/m0/s1. The highest BCUT2D eigenvalue weighted by Gasteiger charge is 2.41. The Morgan fingerprint density at radius 2 is 1.88 bits per heavy atom. The molecule has 1 aromatic carbocycles. The summed E-state index contributed by atoms with van der Waals surface area (Å²) in [6.07, 6.45) is 1.10. The lowest BCUT2D eigenvalue weighted by Gasteiger charge is -2.27. The number of hydrogen-bond acceptors (Lipinski definition) is 4. The van der Waals surface area contributed by atoms with Gasteiger partial charge in [-0.3, -0.25) is 4.90 Å². The maximum atomic E-state index is 12.5. The van der Waals surface area contributed by atoms with Gasteiger partial charge in [0.1, 0.15) is 18.2 Å². The molecule has 132 valence electrons. The van der Waals surface area contributed by atoms with Gasteiger partial charge in [0.25, 0.3) is 0 Å². The van der Waals surface area contributed by atoms with Crippen LogP contribution in [0.15, 0.2) is 30.3 Å². The molecule has 2 rings (SSSR count). The predicted octanol–water partition coefficient (Wildman–Crippen LogP) is 3.77. The van der Waals surface area contributed by atoms with E-state index >= 15 is 0 Å². The van der Waals surface area contributed by atoms with E-state index in [0.717, 1.165) is 12.0 Å². The number of benzene rings is 1. The first-order chi connectivity index (χ1) is 11.3. The number of ether oxygens (including phenoxy) is 2. The summed E-state index contributed by atoms with van der Waals surface area (Å²) < 4.78 is 10.9. The van der Waals surface area contributed by atoms with Crippen molar-refractivity contribution < 1.29 is 19.1 Å². The van der Waals surface area contributed by atoms with Gasteiger partial charge >= 0.3 is 12.1 Å². The van der Waals surface area contributed by atoms with Crippen LogP contribution in [0.1, 0.15) is 46.1 Å². The van der Waals surface area contributed by atoms with Crippen molar-refractivity contribution in [3.8, 4) is 0 Å². The van der Waals surface area contributed by atoms with Crippen molar-refractivity contribution >= 4 is 12.1 Å². The van der Waals surface area contributed by atoms with E-state index in [1.807, 2.05) is 51.1 Å². The number of esters is 1. The van der Waals surface area contributed by atoms with Crippen LogP contribution in [-0.4, -0.2) is 35.2 Å². The lowest BCUT2D eigenvalue weighted by molar-refractivity contribution is -0.150. The number of rotatable bonds is 4. The van der Waals surface area contributed by atoms with E-state index in [-0.39, 0.29) is 12.6 Å². The molecule has 0 radical (unpaired) electrons. The van der Waals surface area contributed by atoms with Gasteiger partial charge in [-0.15, -0.1) is 0 Å². The van der Waals surface area contributed by atoms with E-state index in [9.17, 15) is 9.59 Å². The number of likely N-dealkylation sites (tertiary alicyclic amines) is 1. The summed E-state index contributed by atoms with van der Waals surface area (Å²) in [5, 5.41) is 0. The van der Waals surface area contributed by atoms with E-state index in [2.05, 4.69) is 6.92 Å². The van der Waals surface area contributed by atoms with Gasteiger partial charge in [0.05, 0.1) is 0 Å². The maximum absolute atomic E-state index is 12.5. The normalized spacial score (nSPS) is 20.8. The fraction of sp³-hybridized carbons (Fsp3) is 0.579. The van der Waals surface area contributed by atoms with Gasteiger partial charge in [-0.05, 0) is 38.7 Å². The number of amides is 1. The second-order valence-corrected chi connectivity index (χ2v) is 7.25. The summed E-state index contributed by atoms with van der Waals surface area (Å²) in [4.78, 5) is 26.4. The maximum Gasteiger partial charge on any atom is 0.411 e. The molecule has 1 aliphatic heterocycles. The molecule has 1 fully saturated rings. The highest BCUT2D eigenvalue weighted by atomic mass is 16.6. The van der Waals surface area contributed by atoms with E-state index in [0.29, 0.717) is 18.9 Å². The van der Waals surface area contributed by atoms with Gasteiger partial charge in [-0.25, -0.2) is 9.59 Å². The average molecular weight is 333 g/mol. The Morgan fingerprint density at radius 1 is 1.21 bits per heavy atom. The minimum Gasteiger partial charge on any atom is -0.459 e. The molecule has 0 aliphatic carbocycles. The zero-order valence-electron chi connectivity index (χ0n) is 15.0. The Hall–Kier alpha value is -2.04. The number of carbonyl (C=O) groups excluding carboxylic acids is 2. The Morgan fingerprint density at radius 3 is 2.46 bits per heavy atom. The predicted molar refractivity (Wildman–Crippen MR) is 91.4 cm³/mol. The van der Waals surface area contributed by atoms with Crippen LogP contribution in [0.2, 0.25) is 0 Å². The molecular formula is C19H27NO4. The van der Waals surface area contributed by atoms with Crippen LogP contribution >= 0.6 is 0 Å². The first-order valence-corrected chi connectivity index (χ1v) is 8.50. The van der Waals surface area contributed by atoms with Crippen LogP contribution in [0, 0.1) is 5.92 Å². The van der Waals surface area contributed by atoms with Crippen LogP contribution < -0.4 is 0 Å². The molecule has 0 N–H and O–H groups in total. The molecular weight excluding hydrogens is 306 g/mol. The largest absolute Gasteiger partial charge is 0.459 e. The van der Waals surface area contributed by atoms with E-state index in [1.54, 1.807) is 0 Å². The smallest absolute Gasteiger partial charge is 0.411 e. The fourth-order valence-corrected chi connectivity index (χ4v) is 2.79. The molecule has 24 heavy (non-hydrogen) atoms. The molecule has 1 heterocycles. The van der Waals surface area contributed by atoms with Gasteiger partial charge in [-0.1, -0.05) is 43.7 Å².